The third kappa shape index (κ3) is 3.67. The van der Waals surface area contributed by atoms with Gasteiger partial charge in [0.2, 0.25) is 0 Å². The molecule has 0 N–H and O–H groups in total. The van der Waals surface area contributed by atoms with Crippen LogP contribution in [0.5, 0.6) is 0 Å². The van der Waals surface area contributed by atoms with Crippen molar-refractivity contribution >= 4 is 6.09 Å². The van der Waals surface area contributed by atoms with Gasteiger partial charge in [-0.3, -0.25) is 4.90 Å². The Labute approximate surface area is 98.5 Å². The summed E-state index contributed by atoms with van der Waals surface area (Å²) in [6.07, 6.45) is 0.968. The molecule has 94 valence electrons. The molecular formula is C12H24N2O2. The van der Waals surface area contributed by atoms with Crippen LogP contribution < -0.4 is 0 Å². The standard InChI is InChI=1S/C12H24N2O2/c1-5-11(4)13-6-8-14(9-7-13)12(15)16-10(2)3/h10-11H,5-9H2,1-4H3. The van der Waals surface area contributed by atoms with Crippen LogP contribution in [0, 0.1) is 0 Å². The van der Waals surface area contributed by atoms with Crippen molar-refractivity contribution in [3.63, 3.8) is 0 Å². The maximum atomic E-state index is 11.6. The molecule has 0 aromatic heterocycles. The summed E-state index contributed by atoms with van der Waals surface area (Å²) in [4.78, 5) is 15.9. The van der Waals surface area contributed by atoms with E-state index in [4.69, 9.17) is 4.74 Å². The monoisotopic (exact) mass is 228 g/mol. The lowest BCUT2D eigenvalue weighted by Crippen LogP contribution is -2.51. The van der Waals surface area contributed by atoms with E-state index in [-0.39, 0.29) is 12.2 Å². The number of hydrogen-bond donors (Lipinski definition) is 0. The van der Waals surface area contributed by atoms with Crippen LogP contribution in [0.4, 0.5) is 4.79 Å². The average Bonchev–Trinajstić information content (AvgIpc) is 2.27. The van der Waals surface area contributed by atoms with Crippen molar-refractivity contribution in [2.45, 2.75) is 46.3 Å². The summed E-state index contributed by atoms with van der Waals surface area (Å²) in [7, 11) is 0. The number of carbonyl (C=O) groups is 1. The molecule has 1 rings (SSSR count). The maximum Gasteiger partial charge on any atom is 0.410 e. The molecule has 1 fully saturated rings. The summed E-state index contributed by atoms with van der Waals surface area (Å²) in [5.41, 5.74) is 0. The lowest BCUT2D eigenvalue weighted by Gasteiger charge is -2.37. The first-order valence-corrected chi connectivity index (χ1v) is 6.24. The molecular weight excluding hydrogens is 204 g/mol. The molecule has 0 bridgehead atoms. The molecule has 0 aromatic carbocycles. The van der Waals surface area contributed by atoms with E-state index in [2.05, 4.69) is 18.7 Å². The summed E-state index contributed by atoms with van der Waals surface area (Å²) in [6, 6.07) is 0.614. The van der Waals surface area contributed by atoms with Crippen molar-refractivity contribution in [1.29, 1.82) is 0 Å². The van der Waals surface area contributed by atoms with Gasteiger partial charge in [-0.2, -0.15) is 0 Å². The Bertz CT molecular complexity index is 223. The minimum absolute atomic E-state index is 0.0277. The van der Waals surface area contributed by atoms with E-state index in [1.165, 1.54) is 0 Å². The summed E-state index contributed by atoms with van der Waals surface area (Å²) in [5, 5.41) is 0. The van der Waals surface area contributed by atoms with Crippen molar-refractivity contribution < 1.29 is 9.53 Å². The van der Waals surface area contributed by atoms with Crippen LogP contribution in [0.2, 0.25) is 0 Å². The summed E-state index contributed by atoms with van der Waals surface area (Å²) < 4.78 is 5.18. The molecule has 1 unspecified atom stereocenters. The highest BCUT2D eigenvalue weighted by Gasteiger charge is 2.24. The van der Waals surface area contributed by atoms with E-state index in [9.17, 15) is 4.79 Å². The Morgan fingerprint density at radius 1 is 1.19 bits per heavy atom. The van der Waals surface area contributed by atoms with Gasteiger partial charge in [0.15, 0.2) is 0 Å². The highest BCUT2D eigenvalue weighted by atomic mass is 16.6. The van der Waals surface area contributed by atoms with Gasteiger partial charge in [-0.15, -0.1) is 0 Å². The fourth-order valence-electron chi connectivity index (χ4n) is 1.88. The average molecular weight is 228 g/mol. The van der Waals surface area contributed by atoms with Gasteiger partial charge in [-0.25, -0.2) is 4.79 Å². The molecule has 16 heavy (non-hydrogen) atoms. The molecule has 0 aromatic rings. The van der Waals surface area contributed by atoms with Crippen LogP contribution in [0.1, 0.15) is 34.1 Å². The largest absolute Gasteiger partial charge is 0.447 e. The molecule has 1 aliphatic heterocycles. The molecule has 1 saturated heterocycles. The van der Waals surface area contributed by atoms with Crippen LogP contribution in [-0.2, 0) is 4.74 Å². The molecule has 1 atom stereocenters. The number of nitrogens with zero attached hydrogens (tertiary/aromatic N) is 2. The van der Waals surface area contributed by atoms with Gasteiger partial charge in [0.25, 0.3) is 0 Å². The highest BCUT2D eigenvalue weighted by molar-refractivity contribution is 5.67. The summed E-state index contributed by atoms with van der Waals surface area (Å²) in [6.45, 7) is 11.7. The molecule has 0 aliphatic carbocycles. The lowest BCUT2D eigenvalue weighted by atomic mass is 10.2. The second-order valence-electron chi connectivity index (χ2n) is 4.71. The fourth-order valence-corrected chi connectivity index (χ4v) is 1.88. The zero-order valence-corrected chi connectivity index (χ0v) is 10.9. The number of ether oxygens (including phenoxy) is 1. The van der Waals surface area contributed by atoms with E-state index in [0.717, 1.165) is 32.6 Å². The number of carbonyl (C=O) groups excluding carboxylic acids is 1. The van der Waals surface area contributed by atoms with E-state index < -0.39 is 0 Å². The van der Waals surface area contributed by atoms with Gasteiger partial charge in [-0.1, -0.05) is 6.92 Å². The SMILES string of the molecule is CCC(C)N1CCN(C(=O)OC(C)C)CC1. The molecule has 1 aliphatic rings. The van der Waals surface area contributed by atoms with Crippen molar-refractivity contribution in [3.05, 3.63) is 0 Å². The zero-order chi connectivity index (χ0) is 12.1. The van der Waals surface area contributed by atoms with Gasteiger partial charge in [-0.05, 0) is 27.2 Å². The third-order valence-corrected chi connectivity index (χ3v) is 3.12. The minimum atomic E-state index is -0.168. The summed E-state index contributed by atoms with van der Waals surface area (Å²) in [5.74, 6) is 0. The fraction of sp³-hybridized carbons (Fsp3) is 0.917. The van der Waals surface area contributed by atoms with Crippen molar-refractivity contribution in [1.82, 2.24) is 9.80 Å². The minimum Gasteiger partial charge on any atom is -0.447 e. The van der Waals surface area contributed by atoms with E-state index in [1.807, 2.05) is 13.8 Å². The van der Waals surface area contributed by atoms with Crippen molar-refractivity contribution in [2.75, 3.05) is 26.2 Å². The lowest BCUT2D eigenvalue weighted by molar-refractivity contribution is 0.0494. The smallest absolute Gasteiger partial charge is 0.410 e. The molecule has 0 spiro atoms. The van der Waals surface area contributed by atoms with Gasteiger partial charge in [0.05, 0.1) is 6.10 Å². The number of amides is 1. The highest BCUT2D eigenvalue weighted by Crippen LogP contribution is 2.10. The first-order valence-electron chi connectivity index (χ1n) is 6.24. The Kier molecular flexibility index (Phi) is 5.06. The molecule has 4 nitrogen and oxygen atoms in total. The Morgan fingerprint density at radius 3 is 2.19 bits per heavy atom. The Balaban J connectivity index is 2.34. The molecule has 0 saturated carbocycles. The first-order chi connectivity index (χ1) is 7.54. The Hall–Kier alpha value is -0.770. The van der Waals surface area contributed by atoms with Gasteiger partial charge in [0.1, 0.15) is 0 Å². The van der Waals surface area contributed by atoms with Gasteiger partial charge < -0.3 is 9.64 Å². The van der Waals surface area contributed by atoms with Gasteiger partial charge >= 0.3 is 6.09 Å². The number of hydrogen-bond acceptors (Lipinski definition) is 3. The summed E-state index contributed by atoms with van der Waals surface area (Å²) >= 11 is 0. The molecule has 4 heteroatoms. The quantitative estimate of drug-likeness (QED) is 0.740. The predicted octanol–water partition coefficient (Wildman–Crippen LogP) is 1.95. The van der Waals surface area contributed by atoms with E-state index >= 15 is 0 Å². The van der Waals surface area contributed by atoms with E-state index in [0.29, 0.717) is 6.04 Å². The van der Waals surface area contributed by atoms with Crippen LogP contribution in [0.15, 0.2) is 0 Å². The van der Waals surface area contributed by atoms with E-state index in [1.54, 1.807) is 4.90 Å². The van der Waals surface area contributed by atoms with Crippen molar-refractivity contribution in [3.8, 4) is 0 Å². The zero-order valence-electron chi connectivity index (χ0n) is 10.9. The van der Waals surface area contributed by atoms with Crippen LogP contribution in [-0.4, -0.2) is 54.2 Å². The second-order valence-corrected chi connectivity index (χ2v) is 4.71. The first kappa shape index (κ1) is 13.3. The maximum absolute atomic E-state index is 11.6. The number of piperazine rings is 1. The number of rotatable bonds is 3. The van der Waals surface area contributed by atoms with Crippen LogP contribution >= 0.6 is 0 Å². The second kappa shape index (κ2) is 6.09. The van der Waals surface area contributed by atoms with Crippen LogP contribution in [0.25, 0.3) is 0 Å². The third-order valence-electron chi connectivity index (χ3n) is 3.12. The van der Waals surface area contributed by atoms with Gasteiger partial charge in [0, 0.05) is 32.2 Å². The Morgan fingerprint density at radius 2 is 1.75 bits per heavy atom. The molecule has 1 heterocycles. The normalized spacial score (nSPS) is 19.9. The van der Waals surface area contributed by atoms with Crippen molar-refractivity contribution in [2.24, 2.45) is 0 Å². The molecule has 1 amide bonds. The topological polar surface area (TPSA) is 32.8 Å². The predicted molar refractivity (Wildman–Crippen MR) is 64.5 cm³/mol. The molecule has 0 radical (unpaired) electrons. The van der Waals surface area contributed by atoms with Crippen LogP contribution in [0.3, 0.4) is 0 Å².